The molecule has 2 N–H and O–H groups in total. The molecule has 0 unspecified atom stereocenters. The van der Waals surface area contributed by atoms with Crippen molar-refractivity contribution >= 4 is 46.1 Å². The zero-order chi connectivity index (χ0) is 24.1. The molecule has 34 heavy (non-hydrogen) atoms. The van der Waals surface area contributed by atoms with Crippen LogP contribution in [0.2, 0.25) is 0 Å². The Kier molecular flexibility index (Phi) is 7.62. The number of carboxylic acid groups (broad SMARTS) is 1. The molecule has 2 amide bonds. The van der Waals surface area contributed by atoms with Gasteiger partial charge >= 0.3 is 5.97 Å². The monoisotopic (exact) mass is 482 g/mol. The molecule has 1 aliphatic carbocycles. The van der Waals surface area contributed by atoms with Crippen molar-refractivity contribution in [2.75, 3.05) is 12.4 Å². The third kappa shape index (κ3) is 5.47. The largest absolute Gasteiger partial charge is 0.481 e. The fraction of sp³-hybridized carbons (Fsp3) is 0.440. The van der Waals surface area contributed by atoms with Crippen molar-refractivity contribution in [2.45, 2.75) is 64.0 Å². The summed E-state index contributed by atoms with van der Waals surface area (Å²) in [5.74, 6) is -0.694. The standard InChI is InChI=1S/C25H30N4O4S/c1-28(18-8-3-2-4-9-18)24(33)17-12-13-20-19(16-17)26-25(27-23(32)21-10-7-15-34-21)29(20)14-6-5-11-22(30)31/h7,10,12-13,15-16,18H,2-6,8-9,11,14H2,1H3,(H,30,31)(H,26,27,32). The minimum Gasteiger partial charge on any atom is -0.481 e. The SMILES string of the molecule is CN(C(=O)c1ccc2c(c1)nc(NC(=O)c1cccs1)n2CCCCC(=O)O)C1CCCCC1. The average molecular weight is 483 g/mol. The van der Waals surface area contributed by atoms with Gasteiger partial charge in [-0.1, -0.05) is 25.3 Å². The van der Waals surface area contributed by atoms with Gasteiger partial charge in [-0.25, -0.2) is 4.98 Å². The molecule has 1 saturated carbocycles. The van der Waals surface area contributed by atoms with Gasteiger partial charge in [0.1, 0.15) is 0 Å². The Hall–Kier alpha value is -3.20. The zero-order valence-corrected chi connectivity index (χ0v) is 20.1. The second-order valence-corrected chi connectivity index (χ2v) is 9.73. The van der Waals surface area contributed by atoms with Gasteiger partial charge in [0.15, 0.2) is 0 Å². The normalized spacial score (nSPS) is 14.3. The Morgan fingerprint density at radius 3 is 2.68 bits per heavy atom. The number of thiophene rings is 1. The number of rotatable bonds is 9. The van der Waals surface area contributed by atoms with Crippen LogP contribution in [0.1, 0.15) is 71.4 Å². The van der Waals surface area contributed by atoms with Crippen molar-refractivity contribution in [2.24, 2.45) is 0 Å². The summed E-state index contributed by atoms with van der Waals surface area (Å²) in [4.78, 5) is 43.8. The van der Waals surface area contributed by atoms with Crippen LogP contribution in [0.3, 0.4) is 0 Å². The first kappa shape index (κ1) is 23.9. The minimum atomic E-state index is -0.827. The summed E-state index contributed by atoms with van der Waals surface area (Å²) in [6.07, 6.45) is 6.86. The van der Waals surface area contributed by atoms with Gasteiger partial charge in [-0.2, -0.15) is 0 Å². The van der Waals surface area contributed by atoms with E-state index in [0.29, 0.717) is 41.3 Å². The molecule has 0 bridgehead atoms. The highest BCUT2D eigenvalue weighted by molar-refractivity contribution is 7.12. The smallest absolute Gasteiger partial charge is 0.303 e. The number of hydrogen-bond acceptors (Lipinski definition) is 5. The molecule has 2 heterocycles. The van der Waals surface area contributed by atoms with E-state index in [-0.39, 0.29) is 24.3 Å². The summed E-state index contributed by atoms with van der Waals surface area (Å²) in [7, 11) is 1.87. The lowest BCUT2D eigenvalue weighted by Gasteiger charge is -2.31. The number of imidazole rings is 1. The number of fused-ring (bicyclic) bond motifs is 1. The molecule has 0 radical (unpaired) electrons. The Morgan fingerprint density at radius 1 is 1.18 bits per heavy atom. The number of anilines is 1. The van der Waals surface area contributed by atoms with Gasteiger partial charge in [-0.3, -0.25) is 19.7 Å². The zero-order valence-electron chi connectivity index (χ0n) is 19.3. The Bertz CT molecular complexity index is 1170. The molecule has 0 aliphatic heterocycles. The van der Waals surface area contributed by atoms with Crippen molar-refractivity contribution in [3.8, 4) is 0 Å². The Morgan fingerprint density at radius 2 is 1.97 bits per heavy atom. The number of carbonyl (C=O) groups excluding carboxylic acids is 2. The molecule has 1 aliphatic rings. The van der Waals surface area contributed by atoms with Crippen LogP contribution in [0.25, 0.3) is 11.0 Å². The summed E-state index contributed by atoms with van der Waals surface area (Å²) >= 11 is 1.35. The highest BCUT2D eigenvalue weighted by Crippen LogP contribution is 2.26. The topological polar surface area (TPSA) is 105 Å². The third-order valence-corrected chi connectivity index (χ3v) is 7.30. The van der Waals surface area contributed by atoms with Gasteiger partial charge in [0.2, 0.25) is 5.95 Å². The van der Waals surface area contributed by atoms with E-state index in [1.54, 1.807) is 12.1 Å². The summed E-state index contributed by atoms with van der Waals surface area (Å²) in [5.41, 5.74) is 2.00. The van der Waals surface area contributed by atoms with E-state index in [0.717, 1.165) is 31.2 Å². The van der Waals surface area contributed by atoms with Crippen molar-refractivity contribution in [3.05, 3.63) is 46.2 Å². The number of aliphatic carboxylic acids is 1. The van der Waals surface area contributed by atoms with Crippen LogP contribution in [0.15, 0.2) is 35.7 Å². The molecule has 180 valence electrons. The Labute approximate surface area is 202 Å². The summed E-state index contributed by atoms with van der Waals surface area (Å²) < 4.78 is 1.89. The maximum Gasteiger partial charge on any atom is 0.303 e. The third-order valence-electron chi connectivity index (χ3n) is 6.43. The van der Waals surface area contributed by atoms with Crippen molar-refractivity contribution in [3.63, 3.8) is 0 Å². The van der Waals surface area contributed by atoms with Gasteiger partial charge in [0.25, 0.3) is 11.8 Å². The predicted molar refractivity (Wildman–Crippen MR) is 132 cm³/mol. The van der Waals surface area contributed by atoms with Gasteiger partial charge in [-0.15, -0.1) is 11.3 Å². The summed E-state index contributed by atoms with van der Waals surface area (Å²) in [6.45, 7) is 0.513. The molecule has 2 aromatic heterocycles. The van der Waals surface area contributed by atoms with Crippen molar-refractivity contribution in [1.29, 1.82) is 0 Å². The number of aromatic nitrogens is 2. The van der Waals surface area contributed by atoms with E-state index < -0.39 is 5.97 Å². The number of hydrogen-bond donors (Lipinski definition) is 2. The van der Waals surface area contributed by atoms with Crippen molar-refractivity contribution in [1.82, 2.24) is 14.5 Å². The lowest BCUT2D eigenvalue weighted by atomic mass is 9.94. The number of nitrogens with one attached hydrogen (secondary N) is 1. The summed E-state index contributed by atoms with van der Waals surface area (Å²) in [6, 6.07) is 9.29. The maximum atomic E-state index is 13.2. The first-order valence-corrected chi connectivity index (χ1v) is 12.7. The van der Waals surface area contributed by atoms with Crippen molar-refractivity contribution < 1.29 is 19.5 Å². The number of benzene rings is 1. The Balaban J connectivity index is 1.59. The molecule has 9 heteroatoms. The van der Waals surface area contributed by atoms with E-state index >= 15 is 0 Å². The van der Waals surface area contributed by atoms with Gasteiger partial charge < -0.3 is 14.6 Å². The predicted octanol–water partition coefficient (Wildman–Crippen LogP) is 5.01. The van der Waals surface area contributed by atoms with E-state index in [2.05, 4.69) is 10.3 Å². The first-order chi connectivity index (χ1) is 16.4. The fourth-order valence-electron chi connectivity index (χ4n) is 4.54. The minimum absolute atomic E-state index is 0.0195. The lowest BCUT2D eigenvalue weighted by molar-refractivity contribution is -0.137. The average Bonchev–Trinajstić information content (AvgIpc) is 3.49. The maximum absolute atomic E-state index is 13.2. The van der Waals surface area contributed by atoms with Crippen LogP contribution in [-0.4, -0.2) is 50.4 Å². The fourth-order valence-corrected chi connectivity index (χ4v) is 5.16. The van der Waals surface area contributed by atoms with Crippen LogP contribution in [-0.2, 0) is 11.3 Å². The lowest BCUT2D eigenvalue weighted by Crippen LogP contribution is -2.38. The molecule has 0 saturated heterocycles. The molecule has 1 aromatic carbocycles. The quantitative estimate of drug-likeness (QED) is 0.417. The molecule has 8 nitrogen and oxygen atoms in total. The van der Waals surface area contributed by atoms with Crippen LogP contribution in [0, 0.1) is 0 Å². The molecule has 4 rings (SSSR count). The highest BCUT2D eigenvalue weighted by atomic mass is 32.1. The van der Waals surface area contributed by atoms with Crippen LogP contribution in [0.5, 0.6) is 0 Å². The van der Waals surface area contributed by atoms with Crippen LogP contribution >= 0.6 is 11.3 Å². The number of unbranched alkanes of at least 4 members (excludes halogenated alkanes) is 1. The van der Waals surface area contributed by atoms with E-state index in [4.69, 9.17) is 5.11 Å². The van der Waals surface area contributed by atoms with Gasteiger partial charge in [0.05, 0.1) is 15.9 Å². The van der Waals surface area contributed by atoms with E-state index in [9.17, 15) is 14.4 Å². The highest BCUT2D eigenvalue weighted by Gasteiger charge is 2.24. The number of amides is 2. The second kappa shape index (κ2) is 10.8. The van der Waals surface area contributed by atoms with E-state index in [1.807, 2.05) is 40.1 Å². The van der Waals surface area contributed by atoms with Crippen LogP contribution < -0.4 is 5.32 Å². The molecular weight excluding hydrogens is 452 g/mol. The van der Waals surface area contributed by atoms with E-state index in [1.165, 1.54) is 17.8 Å². The number of carboxylic acids is 1. The summed E-state index contributed by atoms with van der Waals surface area (Å²) in [5, 5.41) is 13.7. The molecular formula is C25H30N4O4S. The van der Waals surface area contributed by atoms with Gasteiger partial charge in [0, 0.05) is 31.6 Å². The van der Waals surface area contributed by atoms with Crippen LogP contribution in [0.4, 0.5) is 5.95 Å². The molecule has 0 spiro atoms. The number of aryl methyl sites for hydroxylation is 1. The molecule has 1 fully saturated rings. The second-order valence-electron chi connectivity index (χ2n) is 8.78. The number of carbonyl (C=O) groups is 3. The molecule has 3 aromatic rings. The molecule has 0 atom stereocenters. The first-order valence-electron chi connectivity index (χ1n) is 11.8. The number of nitrogens with zero attached hydrogens (tertiary/aromatic N) is 3. The van der Waals surface area contributed by atoms with Gasteiger partial charge in [-0.05, 0) is 55.3 Å².